The zero-order valence-corrected chi connectivity index (χ0v) is 16.5. The van der Waals surface area contributed by atoms with Crippen molar-refractivity contribution in [3.8, 4) is 11.6 Å². The molecule has 5 nitrogen and oxygen atoms in total. The van der Waals surface area contributed by atoms with Gasteiger partial charge >= 0.3 is 6.18 Å². The van der Waals surface area contributed by atoms with Crippen molar-refractivity contribution in [2.24, 2.45) is 0 Å². The highest BCUT2D eigenvalue weighted by Crippen LogP contribution is 2.36. The highest BCUT2D eigenvalue weighted by molar-refractivity contribution is 6.33. The van der Waals surface area contributed by atoms with Crippen LogP contribution in [0.5, 0.6) is 11.6 Å². The molecule has 0 amide bonds. The smallest absolute Gasteiger partial charge is 0.421 e. The number of ether oxygens (including phenoxy) is 1. The van der Waals surface area contributed by atoms with Gasteiger partial charge in [-0.05, 0) is 50.1 Å². The van der Waals surface area contributed by atoms with Crippen molar-refractivity contribution < 1.29 is 17.9 Å². The summed E-state index contributed by atoms with van der Waals surface area (Å²) in [7, 11) is 0. The van der Waals surface area contributed by atoms with Gasteiger partial charge in [-0.3, -0.25) is 0 Å². The lowest BCUT2D eigenvalue weighted by Gasteiger charge is -2.12. The number of aryl methyl sites for hydroxylation is 2. The summed E-state index contributed by atoms with van der Waals surface area (Å²) in [6.07, 6.45) is -2.61. The van der Waals surface area contributed by atoms with Crippen molar-refractivity contribution in [3.05, 3.63) is 70.3 Å². The fraction of sp³-hybridized carbons (Fsp3) is 0.250. The molecule has 0 saturated carbocycles. The van der Waals surface area contributed by atoms with E-state index >= 15 is 0 Å². The Balaban J connectivity index is 1.62. The van der Waals surface area contributed by atoms with E-state index in [9.17, 15) is 13.2 Å². The van der Waals surface area contributed by atoms with Gasteiger partial charge in [0.25, 0.3) is 0 Å². The lowest BCUT2D eigenvalue weighted by atomic mass is 10.1. The Kier molecular flexibility index (Phi) is 6.22. The molecule has 0 aliphatic heterocycles. The van der Waals surface area contributed by atoms with Crippen molar-refractivity contribution in [2.75, 3.05) is 11.9 Å². The fourth-order valence-electron chi connectivity index (χ4n) is 2.67. The molecule has 0 saturated heterocycles. The molecule has 3 rings (SSSR count). The third-order valence-electron chi connectivity index (χ3n) is 4.05. The normalized spacial score (nSPS) is 11.4. The van der Waals surface area contributed by atoms with Crippen LogP contribution in [0.15, 0.2) is 42.6 Å². The number of pyridine rings is 1. The van der Waals surface area contributed by atoms with Gasteiger partial charge in [-0.1, -0.05) is 23.7 Å². The molecule has 0 fully saturated rings. The van der Waals surface area contributed by atoms with Crippen LogP contribution in [0.1, 0.15) is 22.6 Å². The van der Waals surface area contributed by atoms with E-state index in [0.29, 0.717) is 35.3 Å². The molecule has 0 bridgehead atoms. The van der Waals surface area contributed by atoms with Crippen molar-refractivity contribution in [2.45, 2.75) is 26.4 Å². The number of halogens is 4. The maximum absolute atomic E-state index is 13.0. The van der Waals surface area contributed by atoms with E-state index in [0.717, 1.165) is 11.6 Å². The average Bonchev–Trinajstić information content (AvgIpc) is 2.66. The summed E-state index contributed by atoms with van der Waals surface area (Å²) >= 11 is 6.20. The summed E-state index contributed by atoms with van der Waals surface area (Å²) in [6, 6.07) is 8.94. The Labute approximate surface area is 170 Å². The number of nitrogens with one attached hydrogen (secondary N) is 1. The average molecular weight is 423 g/mol. The molecule has 3 aromatic rings. The quantitative estimate of drug-likeness (QED) is 0.559. The second kappa shape index (κ2) is 8.65. The first-order chi connectivity index (χ1) is 13.7. The Morgan fingerprint density at radius 3 is 2.48 bits per heavy atom. The zero-order chi connectivity index (χ0) is 21.0. The third kappa shape index (κ3) is 5.35. The summed E-state index contributed by atoms with van der Waals surface area (Å²) in [6.45, 7) is 4.18. The summed E-state index contributed by atoms with van der Waals surface area (Å²) in [5.74, 6) is 1.00. The molecular weight excluding hydrogens is 405 g/mol. The number of alkyl halides is 3. The number of hydrogen-bond acceptors (Lipinski definition) is 5. The predicted molar refractivity (Wildman–Crippen MR) is 104 cm³/mol. The summed E-state index contributed by atoms with van der Waals surface area (Å²) in [5, 5.41) is 3.65. The van der Waals surface area contributed by atoms with Crippen LogP contribution in [0.3, 0.4) is 0 Å². The van der Waals surface area contributed by atoms with E-state index in [2.05, 4.69) is 20.3 Å². The first-order valence-electron chi connectivity index (χ1n) is 8.77. The predicted octanol–water partition coefficient (Wildman–Crippen LogP) is 5.61. The summed E-state index contributed by atoms with van der Waals surface area (Å²) < 4.78 is 44.4. The molecule has 0 spiro atoms. The maximum Gasteiger partial charge on any atom is 0.421 e. The molecule has 152 valence electrons. The van der Waals surface area contributed by atoms with Crippen LogP contribution in [0, 0.1) is 13.8 Å². The lowest BCUT2D eigenvalue weighted by molar-refractivity contribution is -0.138. The topological polar surface area (TPSA) is 59.9 Å². The molecule has 0 atom stereocenters. The molecule has 0 aliphatic rings. The molecule has 0 radical (unpaired) electrons. The largest absolute Gasteiger partial charge is 0.438 e. The molecule has 1 aromatic carbocycles. The van der Waals surface area contributed by atoms with Crippen LogP contribution in [-0.2, 0) is 12.6 Å². The van der Waals surface area contributed by atoms with Gasteiger partial charge in [0.1, 0.15) is 28.0 Å². The molecule has 29 heavy (non-hydrogen) atoms. The van der Waals surface area contributed by atoms with Crippen LogP contribution in [-0.4, -0.2) is 21.5 Å². The fourth-order valence-corrected chi connectivity index (χ4v) is 2.82. The maximum atomic E-state index is 13.0. The standard InChI is InChI=1S/C20H18ClF3N4O/c1-12-17(21)18(28-13(2)27-12)25-11-9-14-5-7-15(8-6-14)29-19-16(20(22,23)24)4-3-10-26-19/h3-8,10H,9,11H2,1-2H3,(H,25,27,28). The number of nitrogens with zero attached hydrogens (tertiary/aromatic N) is 3. The van der Waals surface area contributed by atoms with Crippen molar-refractivity contribution in [1.29, 1.82) is 0 Å². The first-order valence-corrected chi connectivity index (χ1v) is 9.15. The highest BCUT2D eigenvalue weighted by atomic mass is 35.5. The van der Waals surface area contributed by atoms with E-state index in [1.165, 1.54) is 12.3 Å². The van der Waals surface area contributed by atoms with Gasteiger partial charge in [0.2, 0.25) is 5.88 Å². The number of benzene rings is 1. The Morgan fingerprint density at radius 2 is 1.79 bits per heavy atom. The molecule has 0 aliphatic carbocycles. The molecule has 0 unspecified atom stereocenters. The SMILES string of the molecule is Cc1nc(C)c(Cl)c(NCCc2ccc(Oc3ncccc3C(F)(F)F)cc2)n1. The van der Waals surface area contributed by atoms with Crippen molar-refractivity contribution >= 4 is 17.4 Å². The number of rotatable bonds is 6. The van der Waals surface area contributed by atoms with Crippen LogP contribution in [0.4, 0.5) is 19.0 Å². The number of hydrogen-bond donors (Lipinski definition) is 1. The second-order valence-corrected chi connectivity index (χ2v) is 6.67. The second-order valence-electron chi connectivity index (χ2n) is 6.30. The first kappa shape index (κ1) is 20.9. The van der Waals surface area contributed by atoms with E-state index in [4.69, 9.17) is 16.3 Å². The molecule has 2 aromatic heterocycles. The van der Waals surface area contributed by atoms with Crippen molar-refractivity contribution in [1.82, 2.24) is 15.0 Å². The summed E-state index contributed by atoms with van der Waals surface area (Å²) in [5.41, 5.74) is 0.761. The molecule has 9 heteroatoms. The van der Waals surface area contributed by atoms with Gasteiger partial charge in [0.05, 0.1) is 5.69 Å². The van der Waals surface area contributed by atoms with Crippen LogP contribution < -0.4 is 10.1 Å². The van der Waals surface area contributed by atoms with Gasteiger partial charge in [0, 0.05) is 12.7 Å². The minimum atomic E-state index is -4.53. The van der Waals surface area contributed by atoms with E-state index < -0.39 is 17.6 Å². The van der Waals surface area contributed by atoms with Crippen LogP contribution >= 0.6 is 11.6 Å². The van der Waals surface area contributed by atoms with E-state index in [1.54, 1.807) is 31.2 Å². The monoisotopic (exact) mass is 422 g/mol. The molecule has 1 N–H and O–H groups in total. The van der Waals surface area contributed by atoms with E-state index in [-0.39, 0.29) is 5.75 Å². The highest BCUT2D eigenvalue weighted by Gasteiger charge is 2.35. The Morgan fingerprint density at radius 1 is 1.07 bits per heavy atom. The van der Waals surface area contributed by atoms with Crippen molar-refractivity contribution in [3.63, 3.8) is 0 Å². The Bertz CT molecular complexity index is 994. The lowest BCUT2D eigenvalue weighted by Crippen LogP contribution is -2.09. The Hall–Kier alpha value is -2.87. The van der Waals surface area contributed by atoms with Gasteiger partial charge in [-0.2, -0.15) is 13.2 Å². The minimum absolute atomic E-state index is 0.274. The van der Waals surface area contributed by atoms with Gasteiger partial charge in [0.15, 0.2) is 0 Å². The zero-order valence-electron chi connectivity index (χ0n) is 15.7. The van der Waals surface area contributed by atoms with E-state index in [1.807, 2.05) is 6.92 Å². The van der Waals surface area contributed by atoms with Gasteiger partial charge in [-0.15, -0.1) is 0 Å². The van der Waals surface area contributed by atoms with Crippen LogP contribution in [0.2, 0.25) is 5.02 Å². The number of aromatic nitrogens is 3. The molecule has 2 heterocycles. The third-order valence-corrected chi connectivity index (χ3v) is 4.50. The van der Waals surface area contributed by atoms with Gasteiger partial charge in [-0.25, -0.2) is 15.0 Å². The van der Waals surface area contributed by atoms with Gasteiger partial charge < -0.3 is 10.1 Å². The number of anilines is 1. The minimum Gasteiger partial charge on any atom is -0.438 e. The summed E-state index contributed by atoms with van der Waals surface area (Å²) in [4.78, 5) is 12.2. The molecular formula is C20H18ClF3N4O. The van der Waals surface area contributed by atoms with Crippen LogP contribution in [0.25, 0.3) is 0 Å².